The minimum absolute atomic E-state index is 0.00935. The predicted molar refractivity (Wildman–Crippen MR) is 120 cm³/mol. The van der Waals surface area contributed by atoms with Crippen LogP contribution in [0.5, 0.6) is 0 Å². The molecule has 0 saturated carbocycles. The average Bonchev–Trinajstić information content (AvgIpc) is 3.33. The summed E-state index contributed by atoms with van der Waals surface area (Å²) in [6.07, 6.45) is 7.46. The zero-order chi connectivity index (χ0) is 20.3. The van der Waals surface area contributed by atoms with Gasteiger partial charge in [0.15, 0.2) is 0 Å². The van der Waals surface area contributed by atoms with E-state index in [2.05, 4.69) is 30.8 Å². The topological polar surface area (TPSA) is 90.5 Å². The maximum absolute atomic E-state index is 13.0. The van der Waals surface area contributed by atoms with E-state index in [0.717, 1.165) is 40.0 Å². The van der Waals surface area contributed by atoms with Crippen LogP contribution in [-0.4, -0.2) is 66.0 Å². The molecule has 5 rings (SSSR count). The number of anilines is 2. The van der Waals surface area contributed by atoms with Crippen molar-refractivity contribution >= 4 is 58.8 Å². The molecular formula is C19H23N7OSSe. The van der Waals surface area contributed by atoms with Crippen LogP contribution in [0.2, 0.25) is 0 Å². The molecule has 29 heavy (non-hydrogen) atoms. The number of fused-ring (bicyclic) bond motifs is 2. The molecule has 4 aromatic rings. The summed E-state index contributed by atoms with van der Waals surface area (Å²) in [5.74, 6) is 2.75. The van der Waals surface area contributed by atoms with Crippen LogP contribution >= 0.6 is 10.0 Å². The summed E-state index contributed by atoms with van der Waals surface area (Å²) in [7, 11) is 1.16. The third-order valence-electron chi connectivity index (χ3n) is 5.69. The molecule has 1 unspecified atom stereocenters. The van der Waals surface area contributed by atoms with Crippen molar-refractivity contribution in [1.29, 1.82) is 0 Å². The van der Waals surface area contributed by atoms with Gasteiger partial charge in [0, 0.05) is 0 Å². The van der Waals surface area contributed by atoms with Gasteiger partial charge in [-0.1, -0.05) is 0 Å². The van der Waals surface area contributed by atoms with E-state index in [1.54, 1.807) is 17.8 Å². The molecule has 10 heteroatoms. The fourth-order valence-electron chi connectivity index (χ4n) is 4.06. The van der Waals surface area contributed by atoms with E-state index in [9.17, 15) is 4.79 Å². The minimum atomic E-state index is -0.636. The van der Waals surface area contributed by atoms with Gasteiger partial charge in [-0.05, 0) is 12.5 Å². The first-order valence-electron chi connectivity index (χ1n) is 9.45. The zero-order valence-electron chi connectivity index (χ0n) is 16.8. The zero-order valence-corrected chi connectivity index (χ0v) is 19.4. The van der Waals surface area contributed by atoms with Crippen LogP contribution in [0.25, 0.3) is 22.2 Å². The Morgan fingerprint density at radius 2 is 2.00 bits per heavy atom. The van der Waals surface area contributed by atoms with Crippen molar-refractivity contribution in [2.75, 3.05) is 29.3 Å². The molecule has 1 aromatic carbocycles. The van der Waals surface area contributed by atoms with Crippen molar-refractivity contribution in [1.82, 2.24) is 27.1 Å². The quantitative estimate of drug-likeness (QED) is 0.456. The van der Waals surface area contributed by atoms with Crippen molar-refractivity contribution in [3.8, 4) is 0 Å². The third kappa shape index (κ3) is 3.19. The van der Waals surface area contributed by atoms with Crippen molar-refractivity contribution < 1.29 is 0 Å². The van der Waals surface area contributed by atoms with Crippen molar-refractivity contribution in [2.24, 2.45) is 7.05 Å². The Morgan fingerprint density at radius 1 is 1.24 bits per heavy atom. The van der Waals surface area contributed by atoms with Gasteiger partial charge in [-0.2, -0.15) is 0 Å². The van der Waals surface area contributed by atoms with E-state index in [4.69, 9.17) is 4.98 Å². The fourth-order valence-corrected chi connectivity index (χ4v) is 7.56. The van der Waals surface area contributed by atoms with Crippen LogP contribution in [-0.2, 0) is 7.05 Å². The number of rotatable bonds is 3. The number of hydrogen-bond acceptors (Lipinski definition) is 6. The first kappa shape index (κ1) is 18.8. The fraction of sp³-hybridized carbons (Fsp3) is 0.421. The monoisotopic (exact) mass is 477 g/mol. The molecule has 152 valence electrons. The predicted octanol–water partition coefficient (Wildman–Crippen LogP) is 2.19. The molecule has 0 aliphatic carbocycles. The Bertz CT molecular complexity index is 1310. The SMILES string of the molecule is Cc1cc2n[se]nc2cc1Nc1ncc2c(n1)n(C1CCS(C)(C)C1)c(=O)n2C. The number of aromatic nitrogens is 6. The number of nitrogens with zero attached hydrogens (tertiary/aromatic N) is 6. The van der Waals surface area contributed by atoms with Gasteiger partial charge >= 0.3 is 164 Å². The van der Waals surface area contributed by atoms with E-state index in [1.807, 2.05) is 23.6 Å². The molecule has 1 aliphatic heterocycles. The summed E-state index contributed by atoms with van der Waals surface area (Å²) in [4.78, 5) is 22.2. The summed E-state index contributed by atoms with van der Waals surface area (Å²) in [6.45, 7) is 2.03. The Hall–Kier alpha value is -2.16. The summed E-state index contributed by atoms with van der Waals surface area (Å²) >= 11 is -0.0556. The Kier molecular flexibility index (Phi) is 4.34. The molecule has 0 bridgehead atoms. The summed E-state index contributed by atoms with van der Waals surface area (Å²) in [6, 6.07) is 4.25. The third-order valence-corrected chi connectivity index (χ3v) is 9.49. The molecule has 1 fully saturated rings. The second-order valence-corrected chi connectivity index (χ2v) is 13.6. The van der Waals surface area contributed by atoms with E-state index in [1.165, 1.54) is 5.75 Å². The van der Waals surface area contributed by atoms with Gasteiger partial charge in [0.05, 0.1) is 0 Å². The van der Waals surface area contributed by atoms with Crippen LogP contribution in [0.3, 0.4) is 0 Å². The summed E-state index contributed by atoms with van der Waals surface area (Å²) in [5.41, 5.74) is 5.30. The number of hydrogen-bond donors (Lipinski definition) is 1. The van der Waals surface area contributed by atoms with Crippen LogP contribution in [0.4, 0.5) is 11.6 Å². The number of imidazole rings is 1. The molecule has 3 aromatic heterocycles. The first-order valence-corrected chi connectivity index (χ1v) is 13.8. The van der Waals surface area contributed by atoms with Gasteiger partial charge in [-0.3, -0.25) is 0 Å². The molecule has 1 aliphatic rings. The number of nitrogens with one attached hydrogen (secondary N) is 1. The Morgan fingerprint density at radius 3 is 2.72 bits per heavy atom. The normalized spacial score (nSPS) is 19.8. The van der Waals surface area contributed by atoms with Gasteiger partial charge in [0.25, 0.3) is 0 Å². The van der Waals surface area contributed by atoms with Crippen LogP contribution in [0.15, 0.2) is 23.1 Å². The number of benzene rings is 1. The summed E-state index contributed by atoms with van der Waals surface area (Å²) < 4.78 is 12.4. The van der Waals surface area contributed by atoms with Crippen molar-refractivity contribution in [3.05, 3.63) is 34.4 Å². The van der Waals surface area contributed by atoms with Gasteiger partial charge in [0.1, 0.15) is 0 Å². The molecule has 0 spiro atoms. The molecule has 4 heterocycles. The van der Waals surface area contributed by atoms with E-state index in [-0.39, 0.29) is 26.7 Å². The molecule has 0 radical (unpaired) electrons. The average molecular weight is 476 g/mol. The maximum atomic E-state index is 13.0. The van der Waals surface area contributed by atoms with Crippen LogP contribution in [0.1, 0.15) is 18.0 Å². The molecule has 1 saturated heterocycles. The Labute approximate surface area is 175 Å². The molecule has 0 amide bonds. The van der Waals surface area contributed by atoms with Gasteiger partial charge in [0.2, 0.25) is 0 Å². The molecular weight excluding hydrogens is 453 g/mol. The second kappa shape index (κ2) is 6.68. The van der Waals surface area contributed by atoms with Gasteiger partial charge in [-0.25, -0.2) is 0 Å². The van der Waals surface area contributed by atoms with Crippen LogP contribution < -0.4 is 11.0 Å². The molecule has 1 N–H and O–H groups in total. The van der Waals surface area contributed by atoms with Crippen molar-refractivity contribution in [3.63, 3.8) is 0 Å². The van der Waals surface area contributed by atoms with E-state index in [0.29, 0.717) is 11.6 Å². The second-order valence-electron chi connectivity index (χ2n) is 8.24. The van der Waals surface area contributed by atoms with E-state index >= 15 is 0 Å². The Balaban J connectivity index is 1.58. The van der Waals surface area contributed by atoms with Crippen molar-refractivity contribution in [2.45, 2.75) is 19.4 Å². The summed E-state index contributed by atoms with van der Waals surface area (Å²) in [5, 5.41) is 3.32. The molecule has 1 atom stereocenters. The standard InChI is InChI=1S/C19H23N7OSSe/c1-11-7-14-15(24-29-23-14)8-13(11)21-18-20-9-16-17(22-18)26(19(27)25(16)2)12-5-6-28(3,4)10-12/h7-9,12H,5-6,10H2,1-4H3,(H,20,21,22). The van der Waals surface area contributed by atoms with E-state index < -0.39 is 10.0 Å². The van der Waals surface area contributed by atoms with Gasteiger partial charge < -0.3 is 0 Å². The first-order chi connectivity index (χ1) is 13.8. The number of aryl methyl sites for hydroxylation is 2. The van der Waals surface area contributed by atoms with Gasteiger partial charge in [-0.15, -0.1) is 0 Å². The van der Waals surface area contributed by atoms with Crippen LogP contribution in [0, 0.1) is 6.92 Å². The molecule has 8 nitrogen and oxygen atoms in total.